The van der Waals surface area contributed by atoms with Crippen molar-refractivity contribution >= 4 is 0 Å². The SMILES string of the molecule is CC(=CCCc1ccoc1)CO. The maximum absolute atomic E-state index is 8.71. The van der Waals surface area contributed by atoms with Crippen molar-refractivity contribution in [3.63, 3.8) is 0 Å². The summed E-state index contributed by atoms with van der Waals surface area (Å²) < 4.78 is 4.93. The van der Waals surface area contributed by atoms with Crippen LogP contribution in [0.25, 0.3) is 0 Å². The van der Waals surface area contributed by atoms with Gasteiger partial charge in [-0.1, -0.05) is 11.6 Å². The maximum atomic E-state index is 8.71. The van der Waals surface area contributed by atoms with Crippen LogP contribution in [0.15, 0.2) is 34.7 Å². The summed E-state index contributed by atoms with van der Waals surface area (Å²) in [6.45, 7) is 2.08. The van der Waals surface area contributed by atoms with Gasteiger partial charge in [-0.2, -0.15) is 0 Å². The molecule has 0 atom stereocenters. The molecule has 0 unspecified atom stereocenters. The number of aliphatic hydroxyl groups is 1. The number of rotatable bonds is 4. The van der Waals surface area contributed by atoms with Gasteiger partial charge in [-0.05, 0) is 31.4 Å². The van der Waals surface area contributed by atoms with E-state index in [-0.39, 0.29) is 6.61 Å². The van der Waals surface area contributed by atoms with E-state index in [1.807, 2.05) is 19.1 Å². The molecule has 0 amide bonds. The van der Waals surface area contributed by atoms with Crippen LogP contribution < -0.4 is 0 Å². The van der Waals surface area contributed by atoms with E-state index in [1.165, 1.54) is 5.56 Å². The van der Waals surface area contributed by atoms with Crippen LogP contribution in [0.1, 0.15) is 18.9 Å². The maximum Gasteiger partial charge on any atom is 0.0934 e. The van der Waals surface area contributed by atoms with Crippen LogP contribution in [0.3, 0.4) is 0 Å². The van der Waals surface area contributed by atoms with Crippen LogP contribution in [-0.2, 0) is 6.42 Å². The highest BCUT2D eigenvalue weighted by Crippen LogP contribution is 2.05. The van der Waals surface area contributed by atoms with Crippen LogP contribution in [0.2, 0.25) is 0 Å². The van der Waals surface area contributed by atoms with E-state index in [1.54, 1.807) is 12.5 Å². The second kappa shape index (κ2) is 4.78. The summed E-state index contributed by atoms with van der Waals surface area (Å²) in [6, 6.07) is 1.96. The molecule has 0 aliphatic carbocycles. The Hall–Kier alpha value is -1.02. The highest BCUT2D eigenvalue weighted by molar-refractivity contribution is 5.07. The van der Waals surface area contributed by atoms with Gasteiger partial charge in [-0.25, -0.2) is 0 Å². The Labute approximate surface area is 72.5 Å². The third-order valence-corrected chi connectivity index (χ3v) is 1.76. The summed E-state index contributed by atoms with van der Waals surface area (Å²) in [5, 5.41) is 8.71. The van der Waals surface area contributed by atoms with Crippen LogP contribution in [0, 0.1) is 0 Å². The zero-order valence-corrected chi connectivity index (χ0v) is 7.29. The lowest BCUT2D eigenvalue weighted by atomic mass is 10.1. The fourth-order valence-electron chi connectivity index (χ4n) is 0.985. The summed E-state index contributed by atoms with van der Waals surface area (Å²) >= 11 is 0. The van der Waals surface area contributed by atoms with Crippen LogP contribution in [-0.4, -0.2) is 11.7 Å². The molecule has 0 saturated carbocycles. The molecule has 0 radical (unpaired) electrons. The molecule has 66 valence electrons. The number of furan rings is 1. The fraction of sp³-hybridized carbons (Fsp3) is 0.400. The third-order valence-electron chi connectivity index (χ3n) is 1.76. The van der Waals surface area contributed by atoms with E-state index < -0.39 is 0 Å². The van der Waals surface area contributed by atoms with Crippen LogP contribution in [0.4, 0.5) is 0 Å². The first-order valence-electron chi connectivity index (χ1n) is 4.10. The molecule has 1 rings (SSSR count). The van der Waals surface area contributed by atoms with Gasteiger partial charge in [0.05, 0.1) is 19.1 Å². The first kappa shape index (κ1) is 9.07. The molecule has 0 aliphatic rings. The van der Waals surface area contributed by atoms with Crippen molar-refractivity contribution < 1.29 is 9.52 Å². The molecule has 0 aliphatic heterocycles. The molecule has 0 bridgehead atoms. The van der Waals surface area contributed by atoms with Gasteiger partial charge in [0.2, 0.25) is 0 Å². The molecule has 0 fully saturated rings. The molecule has 1 N–H and O–H groups in total. The standard InChI is InChI=1S/C10H14O2/c1-9(7-11)3-2-4-10-5-6-12-8-10/h3,5-6,8,11H,2,4,7H2,1H3. The fourth-order valence-corrected chi connectivity index (χ4v) is 0.985. The van der Waals surface area contributed by atoms with Gasteiger partial charge in [-0.3, -0.25) is 0 Å². The predicted molar refractivity (Wildman–Crippen MR) is 47.9 cm³/mol. The molecule has 1 heterocycles. The predicted octanol–water partition coefficient (Wildman–Crippen LogP) is 2.15. The summed E-state index contributed by atoms with van der Waals surface area (Å²) in [4.78, 5) is 0. The largest absolute Gasteiger partial charge is 0.472 e. The Morgan fingerprint density at radius 2 is 2.50 bits per heavy atom. The Kier molecular flexibility index (Phi) is 3.61. The van der Waals surface area contributed by atoms with Gasteiger partial charge < -0.3 is 9.52 Å². The van der Waals surface area contributed by atoms with Crippen molar-refractivity contribution in [1.82, 2.24) is 0 Å². The van der Waals surface area contributed by atoms with Crippen molar-refractivity contribution in [2.45, 2.75) is 19.8 Å². The minimum Gasteiger partial charge on any atom is -0.472 e. The zero-order chi connectivity index (χ0) is 8.81. The first-order chi connectivity index (χ1) is 5.83. The van der Waals surface area contributed by atoms with Crippen molar-refractivity contribution in [3.05, 3.63) is 35.8 Å². The van der Waals surface area contributed by atoms with Crippen molar-refractivity contribution in [3.8, 4) is 0 Å². The number of aryl methyl sites for hydroxylation is 1. The highest BCUT2D eigenvalue weighted by atomic mass is 16.3. The number of hydrogen-bond acceptors (Lipinski definition) is 2. The number of allylic oxidation sites excluding steroid dienone is 1. The number of aliphatic hydroxyl groups excluding tert-OH is 1. The summed E-state index contributed by atoms with van der Waals surface area (Å²) in [5.74, 6) is 0. The average Bonchev–Trinajstić information content (AvgIpc) is 2.57. The second-order valence-electron chi connectivity index (χ2n) is 2.88. The molecule has 0 saturated heterocycles. The van der Waals surface area contributed by atoms with Crippen LogP contribution in [0.5, 0.6) is 0 Å². The van der Waals surface area contributed by atoms with E-state index in [4.69, 9.17) is 9.52 Å². The van der Waals surface area contributed by atoms with E-state index in [2.05, 4.69) is 0 Å². The minimum absolute atomic E-state index is 0.158. The van der Waals surface area contributed by atoms with Gasteiger partial charge in [0.1, 0.15) is 0 Å². The number of hydrogen-bond donors (Lipinski definition) is 1. The smallest absolute Gasteiger partial charge is 0.0934 e. The highest BCUT2D eigenvalue weighted by Gasteiger charge is 1.92. The summed E-state index contributed by atoms with van der Waals surface area (Å²) in [6.07, 6.45) is 7.42. The van der Waals surface area contributed by atoms with E-state index in [0.29, 0.717) is 0 Å². The first-order valence-corrected chi connectivity index (χ1v) is 4.10. The lowest BCUT2D eigenvalue weighted by Crippen LogP contribution is -1.85. The molecular weight excluding hydrogens is 152 g/mol. The van der Waals surface area contributed by atoms with Crippen molar-refractivity contribution in [1.29, 1.82) is 0 Å². The van der Waals surface area contributed by atoms with Crippen molar-refractivity contribution in [2.75, 3.05) is 6.61 Å². The summed E-state index contributed by atoms with van der Waals surface area (Å²) in [5.41, 5.74) is 2.23. The normalized spacial score (nSPS) is 12.0. The van der Waals surface area contributed by atoms with E-state index in [9.17, 15) is 0 Å². The second-order valence-corrected chi connectivity index (χ2v) is 2.88. The third kappa shape index (κ3) is 2.93. The minimum atomic E-state index is 0.158. The van der Waals surface area contributed by atoms with Gasteiger partial charge >= 0.3 is 0 Å². The molecule has 2 nitrogen and oxygen atoms in total. The zero-order valence-electron chi connectivity index (χ0n) is 7.29. The molecule has 1 aromatic heterocycles. The monoisotopic (exact) mass is 166 g/mol. The topological polar surface area (TPSA) is 33.4 Å². The molecule has 1 aromatic rings. The molecule has 0 spiro atoms. The van der Waals surface area contributed by atoms with Gasteiger partial charge in [0, 0.05) is 0 Å². The average molecular weight is 166 g/mol. The van der Waals surface area contributed by atoms with Crippen molar-refractivity contribution in [2.24, 2.45) is 0 Å². The molecular formula is C10H14O2. The van der Waals surface area contributed by atoms with E-state index >= 15 is 0 Å². The lowest BCUT2D eigenvalue weighted by Gasteiger charge is -1.94. The Morgan fingerprint density at radius 1 is 1.67 bits per heavy atom. The van der Waals surface area contributed by atoms with Gasteiger partial charge in [-0.15, -0.1) is 0 Å². The molecule has 2 heteroatoms. The Morgan fingerprint density at radius 3 is 3.08 bits per heavy atom. The Bertz CT molecular complexity index is 234. The quantitative estimate of drug-likeness (QED) is 0.695. The van der Waals surface area contributed by atoms with Crippen LogP contribution >= 0.6 is 0 Å². The van der Waals surface area contributed by atoms with Gasteiger partial charge in [0.15, 0.2) is 0 Å². The summed E-state index contributed by atoms with van der Waals surface area (Å²) in [7, 11) is 0. The molecule has 12 heavy (non-hydrogen) atoms. The van der Waals surface area contributed by atoms with Gasteiger partial charge in [0.25, 0.3) is 0 Å². The molecule has 0 aromatic carbocycles. The van der Waals surface area contributed by atoms with E-state index in [0.717, 1.165) is 18.4 Å². The lowest BCUT2D eigenvalue weighted by molar-refractivity contribution is 0.331. The Balaban J connectivity index is 2.28.